The van der Waals surface area contributed by atoms with E-state index >= 15 is 0 Å². The molecule has 6 nitrogen and oxygen atoms in total. The number of nitrogens with zero attached hydrogens (tertiary/aromatic N) is 2. The van der Waals surface area contributed by atoms with Crippen LogP contribution >= 0.6 is 0 Å². The quantitative estimate of drug-likeness (QED) is 0.581. The molecule has 0 saturated heterocycles. The van der Waals surface area contributed by atoms with Gasteiger partial charge in [0.15, 0.2) is 5.69 Å². The lowest BCUT2D eigenvalue weighted by molar-refractivity contribution is 0.0949. The van der Waals surface area contributed by atoms with Gasteiger partial charge in [-0.1, -0.05) is 0 Å². The molecular formula is C14H14N4O2. The molecule has 0 saturated carbocycles. The van der Waals surface area contributed by atoms with Crippen molar-refractivity contribution in [3.8, 4) is 5.75 Å². The van der Waals surface area contributed by atoms with Crippen LogP contribution in [0.4, 0.5) is 0 Å². The normalized spacial score (nSPS) is 13.6. The zero-order valence-electron chi connectivity index (χ0n) is 10.8. The van der Waals surface area contributed by atoms with Crippen LogP contribution in [0.15, 0.2) is 29.4 Å². The molecule has 6 heteroatoms. The van der Waals surface area contributed by atoms with Crippen molar-refractivity contribution in [2.24, 2.45) is 5.10 Å². The number of hydrogen-bond acceptors (Lipinski definition) is 4. The van der Waals surface area contributed by atoms with Crippen molar-refractivity contribution >= 4 is 12.1 Å². The lowest BCUT2D eigenvalue weighted by Crippen LogP contribution is -2.19. The molecule has 1 aromatic carbocycles. The molecule has 1 amide bonds. The highest BCUT2D eigenvalue weighted by Gasteiger charge is 2.22. The highest BCUT2D eigenvalue weighted by Crippen LogP contribution is 2.22. The Hall–Kier alpha value is -2.63. The summed E-state index contributed by atoms with van der Waals surface area (Å²) in [7, 11) is 0. The van der Waals surface area contributed by atoms with Crippen molar-refractivity contribution in [2.45, 2.75) is 19.3 Å². The molecule has 1 aliphatic rings. The lowest BCUT2D eigenvalue weighted by Gasteiger charge is -1.98. The standard InChI is InChI=1S/C14H14N4O2/c19-10-6-4-9(5-7-10)8-15-18-14(20)13-11-2-1-3-12(11)16-17-13/h4-8,19H,1-3H2,(H,16,17)(H,18,20). The van der Waals surface area contributed by atoms with E-state index in [0.717, 1.165) is 36.1 Å². The van der Waals surface area contributed by atoms with E-state index in [4.69, 9.17) is 5.11 Å². The van der Waals surface area contributed by atoms with Gasteiger partial charge < -0.3 is 5.11 Å². The number of aromatic amines is 1. The fraction of sp³-hybridized carbons (Fsp3) is 0.214. The average Bonchev–Trinajstić information content (AvgIpc) is 3.03. The summed E-state index contributed by atoms with van der Waals surface area (Å²) in [5.41, 5.74) is 5.74. The maximum atomic E-state index is 12.0. The van der Waals surface area contributed by atoms with Gasteiger partial charge in [0, 0.05) is 11.3 Å². The monoisotopic (exact) mass is 270 g/mol. The second-order valence-electron chi connectivity index (χ2n) is 4.67. The Morgan fingerprint density at radius 3 is 2.95 bits per heavy atom. The molecular weight excluding hydrogens is 256 g/mol. The molecule has 0 unspecified atom stereocenters. The summed E-state index contributed by atoms with van der Waals surface area (Å²) < 4.78 is 0. The Morgan fingerprint density at radius 2 is 2.15 bits per heavy atom. The molecule has 102 valence electrons. The number of H-pyrrole nitrogens is 1. The minimum absolute atomic E-state index is 0.193. The van der Waals surface area contributed by atoms with E-state index in [9.17, 15) is 4.79 Å². The molecule has 1 aliphatic carbocycles. The van der Waals surface area contributed by atoms with Gasteiger partial charge in [0.25, 0.3) is 5.91 Å². The Morgan fingerprint density at radius 1 is 1.35 bits per heavy atom. The van der Waals surface area contributed by atoms with Crippen molar-refractivity contribution in [3.63, 3.8) is 0 Å². The number of rotatable bonds is 3. The van der Waals surface area contributed by atoms with Gasteiger partial charge in [-0.2, -0.15) is 10.2 Å². The van der Waals surface area contributed by atoms with E-state index in [1.807, 2.05) is 0 Å². The summed E-state index contributed by atoms with van der Waals surface area (Å²) in [5.74, 6) is -0.113. The van der Waals surface area contributed by atoms with Crippen LogP contribution < -0.4 is 5.43 Å². The molecule has 0 bridgehead atoms. The average molecular weight is 270 g/mol. The molecule has 1 aromatic heterocycles. The molecule has 0 radical (unpaired) electrons. The predicted molar refractivity (Wildman–Crippen MR) is 73.8 cm³/mol. The number of aryl methyl sites for hydroxylation is 1. The lowest BCUT2D eigenvalue weighted by atomic mass is 10.2. The van der Waals surface area contributed by atoms with Crippen LogP contribution in [0.1, 0.15) is 33.7 Å². The number of aromatic nitrogens is 2. The Bertz CT molecular complexity index is 658. The number of fused-ring (bicyclic) bond motifs is 1. The van der Waals surface area contributed by atoms with Crippen molar-refractivity contribution in [3.05, 3.63) is 46.8 Å². The Kier molecular flexibility index (Phi) is 3.20. The summed E-state index contributed by atoms with van der Waals surface area (Å²) in [6, 6.07) is 6.53. The maximum absolute atomic E-state index is 12.0. The summed E-state index contributed by atoms with van der Waals surface area (Å²) >= 11 is 0. The third kappa shape index (κ3) is 2.40. The molecule has 20 heavy (non-hydrogen) atoms. The van der Waals surface area contributed by atoms with Crippen LogP contribution in [0.2, 0.25) is 0 Å². The van der Waals surface area contributed by atoms with Crippen LogP contribution in [-0.4, -0.2) is 27.4 Å². The zero-order chi connectivity index (χ0) is 13.9. The Balaban J connectivity index is 1.66. The fourth-order valence-electron chi connectivity index (χ4n) is 2.29. The first kappa shape index (κ1) is 12.4. The summed E-state index contributed by atoms with van der Waals surface area (Å²) in [5, 5.41) is 20.0. The first-order chi connectivity index (χ1) is 9.74. The number of phenols is 1. The number of phenolic OH excluding ortho intramolecular Hbond substituents is 1. The van der Waals surface area contributed by atoms with Crippen molar-refractivity contribution in [1.82, 2.24) is 15.6 Å². The summed E-state index contributed by atoms with van der Waals surface area (Å²) in [4.78, 5) is 12.0. The first-order valence-electron chi connectivity index (χ1n) is 6.42. The van der Waals surface area contributed by atoms with E-state index in [-0.39, 0.29) is 11.7 Å². The zero-order valence-corrected chi connectivity index (χ0v) is 10.8. The number of hydrogen-bond donors (Lipinski definition) is 3. The second kappa shape index (κ2) is 5.16. The molecule has 0 spiro atoms. The van der Waals surface area contributed by atoms with Gasteiger partial charge in [0.2, 0.25) is 0 Å². The molecule has 3 rings (SSSR count). The molecule has 0 aliphatic heterocycles. The van der Waals surface area contributed by atoms with Gasteiger partial charge in [-0.25, -0.2) is 5.43 Å². The number of aromatic hydroxyl groups is 1. The van der Waals surface area contributed by atoms with Gasteiger partial charge in [-0.05, 0) is 49.1 Å². The summed E-state index contributed by atoms with van der Waals surface area (Å²) in [6.07, 6.45) is 4.41. The van der Waals surface area contributed by atoms with E-state index in [1.165, 1.54) is 6.21 Å². The van der Waals surface area contributed by atoms with Gasteiger partial charge in [0.05, 0.1) is 6.21 Å². The topological polar surface area (TPSA) is 90.4 Å². The number of carbonyl (C=O) groups is 1. The smallest absolute Gasteiger partial charge is 0.292 e. The highest BCUT2D eigenvalue weighted by molar-refractivity contribution is 5.94. The summed E-state index contributed by atoms with van der Waals surface area (Å²) in [6.45, 7) is 0. The molecule has 0 fully saturated rings. The van der Waals surface area contributed by atoms with Crippen molar-refractivity contribution in [2.75, 3.05) is 0 Å². The second-order valence-corrected chi connectivity index (χ2v) is 4.67. The van der Waals surface area contributed by atoms with Crippen molar-refractivity contribution in [1.29, 1.82) is 0 Å². The van der Waals surface area contributed by atoms with E-state index < -0.39 is 0 Å². The molecule has 2 aromatic rings. The number of benzene rings is 1. The highest BCUT2D eigenvalue weighted by atomic mass is 16.3. The Labute approximate surface area is 115 Å². The van der Waals surface area contributed by atoms with Crippen molar-refractivity contribution < 1.29 is 9.90 Å². The number of amides is 1. The predicted octanol–water partition coefficient (Wildman–Crippen LogP) is 1.37. The van der Waals surface area contributed by atoms with E-state index in [2.05, 4.69) is 20.7 Å². The van der Waals surface area contributed by atoms with Crippen LogP contribution in [0.3, 0.4) is 0 Å². The van der Waals surface area contributed by atoms with Crippen LogP contribution in [-0.2, 0) is 12.8 Å². The number of nitrogens with one attached hydrogen (secondary N) is 2. The van der Waals surface area contributed by atoms with E-state index in [1.54, 1.807) is 24.3 Å². The van der Waals surface area contributed by atoms with Crippen LogP contribution in [0, 0.1) is 0 Å². The molecule has 0 atom stereocenters. The molecule has 3 N–H and O–H groups in total. The third-order valence-electron chi connectivity index (χ3n) is 3.29. The van der Waals surface area contributed by atoms with Gasteiger partial charge in [-0.15, -0.1) is 0 Å². The van der Waals surface area contributed by atoms with Crippen LogP contribution in [0.25, 0.3) is 0 Å². The van der Waals surface area contributed by atoms with Gasteiger partial charge in [-0.3, -0.25) is 9.89 Å². The number of carbonyl (C=O) groups excluding carboxylic acids is 1. The van der Waals surface area contributed by atoms with Gasteiger partial charge in [0.1, 0.15) is 5.75 Å². The van der Waals surface area contributed by atoms with E-state index in [0.29, 0.717) is 5.69 Å². The minimum atomic E-state index is -0.306. The van der Waals surface area contributed by atoms with Crippen LogP contribution in [0.5, 0.6) is 5.75 Å². The molecule has 1 heterocycles. The van der Waals surface area contributed by atoms with Gasteiger partial charge >= 0.3 is 0 Å². The third-order valence-corrected chi connectivity index (χ3v) is 3.29. The minimum Gasteiger partial charge on any atom is -0.508 e. The largest absolute Gasteiger partial charge is 0.508 e. The first-order valence-corrected chi connectivity index (χ1v) is 6.42. The maximum Gasteiger partial charge on any atom is 0.292 e. The SMILES string of the molecule is O=C(NN=Cc1ccc(O)cc1)c1n[nH]c2c1CCC2. The fourth-order valence-corrected chi connectivity index (χ4v) is 2.29. The number of hydrazone groups is 1.